The van der Waals surface area contributed by atoms with Crippen LogP contribution in [0.3, 0.4) is 0 Å². The Labute approximate surface area is 122 Å². The van der Waals surface area contributed by atoms with Crippen molar-refractivity contribution < 1.29 is 9.84 Å². The highest BCUT2D eigenvalue weighted by atomic mass is 16.5. The summed E-state index contributed by atoms with van der Waals surface area (Å²) in [6.45, 7) is 1.24. The number of nitrogens with zero attached hydrogens (tertiary/aromatic N) is 4. The lowest BCUT2D eigenvalue weighted by Crippen LogP contribution is -2.17. The summed E-state index contributed by atoms with van der Waals surface area (Å²) >= 11 is 0. The van der Waals surface area contributed by atoms with Gasteiger partial charge in [-0.1, -0.05) is 12.1 Å². The Kier molecular flexibility index (Phi) is 3.43. The molecule has 21 heavy (non-hydrogen) atoms. The highest BCUT2D eigenvalue weighted by Gasteiger charge is 2.19. The molecule has 0 radical (unpaired) electrons. The van der Waals surface area contributed by atoms with Crippen molar-refractivity contribution in [2.24, 2.45) is 4.99 Å². The standard InChI is InChI=1S/C15H16N4O2/c1-19(2)14-11(15-16-7-8-21-15)9-17-13(18-14)10-5-3-4-6-12(10)20/h3-6,9,20H,7-8H2,1-2H3. The summed E-state index contributed by atoms with van der Waals surface area (Å²) in [5, 5.41) is 9.93. The zero-order valence-corrected chi connectivity index (χ0v) is 11.9. The number of aromatic hydroxyl groups is 1. The second-order valence-corrected chi connectivity index (χ2v) is 4.88. The van der Waals surface area contributed by atoms with Crippen LogP contribution in [-0.2, 0) is 4.74 Å². The zero-order chi connectivity index (χ0) is 14.8. The first-order valence-electron chi connectivity index (χ1n) is 6.67. The third kappa shape index (κ3) is 2.52. The highest BCUT2D eigenvalue weighted by Crippen LogP contribution is 2.28. The normalized spacial score (nSPS) is 13.7. The fraction of sp³-hybridized carbons (Fsp3) is 0.267. The first-order chi connectivity index (χ1) is 10.2. The van der Waals surface area contributed by atoms with E-state index >= 15 is 0 Å². The van der Waals surface area contributed by atoms with Gasteiger partial charge in [0.05, 0.1) is 17.7 Å². The maximum atomic E-state index is 9.93. The molecule has 6 heteroatoms. The van der Waals surface area contributed by atoms with Crippen LogP contribution in [0.4, 0.5) is 5.82 Å². The first kappa shape index (κ1) is 13.4. The van der Waals surface area contributed by atoms with E-state index in [9.17, 15) is 5.11 Å². The Bertz CT molecular complexity index is 698. The molecule has 2 heterocycles. The number of hydrogen-bond donors (Lipinski definition) is 1. The number of hydrogen-bond acceptors (Lipinski definition) is 6. The monoisotopic (exact) mass is 284 g/mol. The van der Waals surface area contributed by atoms with Crippen molar-refractivity contribution in [2.45, 2.75) is 0 Å². The summed E-state index contributed by atoms with van der Waals surface area (Å²) in [5.74, 6) is 1.91. The Balaban J connectivity index is 2.10. The van der Waals surface area contributed by atoms with Gasteiger partial charge in [-0.3, -0.25) is 0 Å². The van der Waals surface area contributed by atoms with Gasteiger partial charge in [0.1, 0.15) is 18.2 Å². The second kappa shape index (κ2) is 5.40. The molecule has 0 aliphatic carbocycles. The molecule has 0 saturated heterocycles. The lowest BCUT2D eigenvalue weighted by atomic mass is 10.2. The fourth-order valence-electron chi connectivity index (χ4n) is 2.16. The fourth-order valence-corrected chi connectivity index (χ4v) is 2.16. The van der Waals surface area contributed by atoms with Crippen molar-refractivity contribution >= 4 is 11.7 Å². The van der Waals surface area contributed by atoms with Crippen LogP contribution >= 0.6 is 0 Å². The molecule has 0 unspecified atom stereocenters. The number of phenols is 1. The Morgan fingerprint density at radius 2 is 2.00 bits per heavy atom. The summed E-state index contributed by atoms with van der Waals surface area (Å²) in [6, 6.07) is 7.01. The Hall–Kier alpha value is -2.63. The van der Waals surface area contributed by atoms with Crippen molar-refractivity contribution in [2.75, 3.05) is 32.1 Å². The van der Waals surface area contributed by atoms with Gasteiger partial charge in [0.2, 0.25) is 5.90 Å². The van der Waals surface area contributed by atoms with Crippen molar-refractivity contribution in [3.05, 3.63) is 36.0 Å². The number of ether oxygens (including phenoxy) is 1. The Morgan fingerprint density at radius 1 is 1.19 bits per heavy atom. The van der Waals surface area contributed by atoms with Gasteiger partial charge >= 0.3 is 0 Å². The minimum Gasteiger partial charge on any atom is -0.507 e. The quantitative estimate of drug-likeness (QED) is 0.928. The molecular formula is C15H16N4O2. The number of benzene rings is 1. The summed E-state index contributed by atoms with van der Waals surface area (Å²) in [7, 11) is 3.80. The minimum absolute atomic E-state index is 0.157. The summed E-state index contributed by atoms with van der Waals surface area (Å²) in [6.07, 6.45) is 1.69. The van der Waals surface area contributed by atoms with Crippen LogP contribution in [0.5, 0.6) is 5.75 Å². The highest BCUT2D eigenvalue weighted by molar-refractivity contribution is 5.99. The van der Waals surface area contributed by atoms with E-state index in [-0.39, 0.29) is 5.75 Å². The van der Waals surface area contributed by atoms with Crippen molar-refractivity contribution in [3.63, 3.8) is 0 Å². The summed E-state index contributed by atoms with van der Waals surface area (Å²) < 4.78 is 5.49. The summed E-state index contributed by atoms with van der Waals surface area (Å²) in [5.41, 5.74) is 1.36. The molecule has 1 N–H and O–H groups in total. The van der Waals surface area contributed by atoms with E-state index < -0.39 is 0 Å². The molecule has 2 aromatic rings. The van der Waals surface area contributed by atoms with E-state index in [1.807, 2.05) is 25.1 Å². The molecule has 6 nitrogen and oxygen atoms in total. The predicted molar refractivity (Wildman–Crippen MR) is 80.8 cm³/mol. The molecule has 1 aliphatic rings. The van der Waals surface area contributed by atoms with Gasteiger partial charge < -0.3 is 14.7 Å². The largest absolute Gasteiger partial charge is 0.507 e. The van der Waals surface area contributed by atoms with Crippen LogP contribution in [-0.4, -0.2) is 48.2 Å². The van der Waals surface area contributed by atoms with Gasteiger partial charge in [-0.05, 0) is 12.1 Å². The zero-order valence-electron chi connectivity index (χ0n) is 11.9. The van der Waals surface area contributed by atoms with E-state index in [0.29, 0.717) is 36.3 Å². The maximum Gasteiger partial charge on any atom is 0.221 e. The van der Waals surface area contributed by atoms with Crippen LogP contribution in [0.1, 0.15) is 5.56 Å². The molecule has 1 aromatic carbocycles. The molecule has 1 aliphatic heterocycles. The average molecular weight is 284 g/mol. The number of anilines is 1. The molecule has 0 fully saturated rings. The van der Waals surface area contributed by atoms with Crippen LogP contribution in [0.2, 0.25) is 0 Å². The van der Waals surface area contributed by atoms with Gasteiger partial charge in [0.15, 0.2) is 5.82 Å². The van der Waals surface area contributed by atoms with E-state index in [0.717, 1.165) is 5.56 Å². The van der Waals surface area contributed by atoms with Crippen molar-refractivity contribution in [3.8, 4) is 17.1 Å². The van der Waals surface area contributed by atoms with Crippen LogP contribution in [0.15, 0.2) is 35.5 Å². The first-order valence-corrected chi connectivity index (χ1v) is 6.67. The summed E-state index contributed by atoms with van der Waals surface area (Å²) in [4.78, 5) is 15.1. The second-order valence-electron chi connectivity index (χ2n) is 4.88. The SMILES string of the molecule is CN(C)c1nc(-c2ccccc2O)ncc1C1=NCCO1. The van der Waals surface area contributed by atoms with Gasteiger partial charge in [-0.15, -0.1) is 0 Å². The number of aliphatic imine (C=N–C) groups is 1. The topological polar surface area (TPSA) is 70.8 Å². The lowest BCUT2D eigenvalue weighted by molar-refractivity contribution is 0.348. The number of para-hydroxylation sites is 1. The van der Waals surface area contributed by atoms with Crippen LogP contribution in [0, 0.1) is 0 Å². The van der Waals surface area contributed by atoms with E-state index in [1.54, 1.807) is 24.4 Å². The van der Waals surface area contributed by atoms with Gasteiger partial charge in [0, 0.05) is 20.3 Å². The van der Waals surface area contributed by atoms with E-state index in [2.05, 4.69) is 15.0 Å². The van der Waals surface area contributed by atoms with Gasteiger partial charge in [0.25, 0.3) is 0 Å². The predicted octanol–water partition coefficient (Wildman–Crippen LogP) is 1.69. The molecule has 3 rings (SSSR count). The van der Waals surface area contributed by atoms with Crippen LogP contribution in [0.25, 0.3) is 11.4 Å². The lowest BCUT2D eigenvalue weighted by Gasteiger charge is -2.16. The number of rotatable bonds is 3. The third-order valence-corrected chi connectivity index (χ3v) is 3.15. The molecule has 0 atom stereocenters. The molecule has 0 amide bonds. The molecule has 108 valence electrons. The Morgan fingerprint density at radius 3 is 2.67 bits per heavy atom. The number of phenolic OH excluding ortho intramolecular Hbond substituents is 1. The minimum atomic E-state index is 0.157. The van der Waals surface area contributed by atoms with Crippen molar-refractivity contribution in [1.82, 2.24) is 9.97 Å². The molecule has 0 spiro atoms. The number of aromatic nitrogens is 2. The average Bonchev–Trinajstić information content (AvgIpc) is 3.01. The maximum absolute atomic E-state index is 9.93. The molecule has 0 saturated carbocycles. The van der Waals surface area contributed by atoms with Crippen LogP contribution < -0.4 is 4.90 Å². The van der Waals surface area contributed by atoms with Gasteiger partial charge in [-0.25, -0.2) is 15.0 Å². The third-order valence-electron chi connectivity index (χ3n) is 3.15. The van der Waals surface area contributed by atoms with Crippen molar-refractivity contribution in [1.29, 1.82) is 0 Å². The van der Waals surface area contributed by atoms with E-state index in [4.69, 9.17) is 4.74 Å². The molecular weight excluding hydrogens is 268 g/mol. The smallest absolute Gasteiger partial charge is 0.221 e. The van der Waals surface area contributed by atoms with E-state index in [1.165, 1.54) is 0 Å². The van der Waals surface area contributed by atoms with Gasteiger partial charge in [-0.2, -0.15) is 0 Å². The molecule has 0 bridgehead atoms. The molecule has 1 aromatic heterocycles.